The van der Waals surface area contributed by atoms with Crippen molar-refractivity contribution in [2.75, 3.05) is 0 Å². The summed E-state index contributed by atoms with van der Waals surface area (Å²) in [5.41, 5.74) is -7.95. The van der Waals surface area contributed by atoms with E-state index in [1.165, 1.54) is 6.92 Å². The highest BCUT2D eigenvalue weighted by atomic mass is 16.8. The highest BCUT2D eigenvalue weighted by molar-refractivity contribution is 5.93. The van der Waals surface area contributed by atoms with E-state index in [0.717, 1.165) is 0 Å². The Hall–Kier alpha value is -1.75. The first-order valence-electron chi connectivity index (χ1n) is 10.2. The molecule has 1 unspecified atom stereocenters. The summed E-state index contributed by atoms with van der Waals surface area (Å²) in [6, 6.07) is 0. The number of hydrogen-bond donors (Lipinski definition) is 3. The van der Waals surface area contributed by atoms with E-state index in [2.05, 4.69) is 0 Å². The fourth-order valence-corrected chi connectivity index (χ4v) is 8.22. The summed E-state index contributed by atoms with van der Waals surface area (Å²) in [6.07, 6.45) is -6.73. The number of fused-ring (bicyclic) bond motifs is 1. The van der Waals surface area contributed by atoms with E-state index in [-0.39, 0.29) is 6.42 Å². The first kappa shape index (κ1) is 19.0. The highest BCUT2D eigenvalue weighted by Crippen LogP contribution is 2.84. The molecule has 0 aromatic rings. The molecule has 10 heteroatoms. The Balaban J connectivity index is 1.71. The van der Waals surface area contributed by atoms with Crippen molar-refractivity contribution < 1.29 is 48.7 Å². The number of aliphatic hydroxyl groups is 3. The molecule has 11 atom stereocenters. The van der Waals surface area contributed by atoms with Gasteiger partial charge in [-0.25, -0.2) is 9.59 Å². The number of carbonyl (C=O) groups excluding carboxylic acids is 3. The largest absolute Gasteiger partial charge is 0.459 e. The van der Waals surface area contributed by atoms with Gasteiger partial charge in [-0.15, -0.1) is 0 Å². The lowest BCUT2D eigenvalue weighted by molar-refractivity contribution is -0.239. The highest BCUT2D eigenvalue weighted by Gasteiger charge is 3.02. The van der Waals surface area contributed by atoms with Crippen LogP contribution in [0.3, 0.4) is 0 Å². The van der Waals surface area contributed by atoms with Crippen LogP contribution >= 0.6 is 0 Å². The van der Waals surface area contributed by atoms with Gasteiger partial charge in [0.15, 0.2) is 11.7 Å². The van der Waals surface area contributed by atoms with Gasteiger partial charge in [0.1, 0.15) is 12.2 Å². The maximum absolute atomic E-state index is 13.4. The molecule has 6 aliphatic rings. The van der Waals surface area contributed by atoms with E-state index in [9.17, 15) is 29.7 Å². The maximum Gasteiger partial charge on any atom is 0.342 e. The van der Waals surface area contributed by atoms with E-state index in [0.29, 0.717) is 0 Å². The third-order valence-corrected chi connectivity index (χ3v) is 8.91. The van der Waals surface area contributed by atoms with E-state index in [1.54, 1.807) is 0 Å². The van der Waals surface area contributed by atoms with Gasteiger partial charge in [0.05, 0.1) is 22.9 Å². The Labute approximate surface area is 171 Å². The van der Waals surface area contributed by atoms with Crippen LogP contribution in [0, 0.1) is 28.1 Å². The fourth-order valence-electron chi connectivity index (χ4n) is 8.22. The zero-order chi connectivity index (χ0) is 21.8. The van der Waals surface area contributed by atoms with Gasteiger partial charge >= 0.3 is 17.9 Å². The number of ether oxygens (including phenoxy) is 4. The number of hydrogen-bond acceptors (Lipinski definition) is 10. The lowest BCUT2D eigenvalue weighted by Gasteiger charge is -2.46. The molecule has 0 amide bonds. The molecule has 10 nitrogen and oxygen atoms in total. The number of esters is 3. The SMILES string of the molecule is C[C@H]1C(=O)O[C@@H]2CC34[C@@H]5OC(=O)[C@]3(O[C@H]3OC(=O)[C@H](O)[C@]34[C@H](C(C)(C)C)[C@@H]5O)[C@@]21O. The van der Waals surface area contributed by atoms with E-state index < -0.39 is 87.9 Å². The van der Waals surface area contributed by atoms with Crippen molar-refractivity contribution >= 4 is 17.9 Å². The minimum absolute atomic E-state index is 0.107. The Morgan fingerprint density at radius 2 is 1.70 bits per heavy atom. The van der Waals surface area contributed by atoms with E-state index >= 15 is 0 Å². The van der Waals surface area contributed by atoms with Gasteiger partial charge in [0.25, 0.3) is 0 Å². The predicted molar refractivity (Wildman–Crippen MR) is 92.0 cm³/mol. The average Bonchev–Trinajstić information content (AvgIpc) is 3.32. The first-order valence-corrected chi connectivity index (χ1v) is 10.2. The lowest BCUT2D eigenvalue weighted by Crippen LogP contribution is -2.66. The van der Waals surface area contributed by atoms with Crippen molar-refractivity contribution in [2.24, 2.45) is 28.1 Å². The molecule has 6 rings (SSSR count). The molecule has 2 spiro atoms. The Morgan fingerprint density at radius 3 is 2.33 bits per heavy atom. The first-order chi connectivity index (χ1) is 13.8. The van der Waals surface area contributed by atoms with Gasteiger partial charge in [0.2, 0.25) is 11.9 Å². The molecule has 0 bridgehead atoms. The lowest BCUT2D eigenvalue weighted by atomic mass is 9.51. The second kappa shape index (κ2) is 4.69. The fraction of sp³-hybridized carbons (Fsp3) is 0.850. The zero-order valence-electron chi connectivity index (χ0n) is 16.9. The zero-order valence-corrected chi connectivity index (χ0v) is 16.9. The van der Waals surface area contributed by atoms with Crippen molar-refractivity contribution in [3.8, 4) is 0 Å². The summed E-state index contributed by atoms with van der Waals surface area (Å²) in [5, 5.41) is 34.4. The molecule has 6 fully saturated rings. The third-order valence-electron chi connectivity index (χ3n) is 8.91. The van der Waals surface area contributed by atoms with Gasteiger partial charge in [-0.05, 0) is 12.3 Å². The van der Waals surface area contributed by atoms with Crippen molar-refractivity contribution in [1.82, 2.24) is 0 Å². The Kier molecular flexibility index (Phi) is 2.97. The quantitative estimate of drug-likeness (QED) is 0.314. The predicted octanol–water partition coefficient (Wildman–Crippen LogP) is -1.37. The summed E-state index contributed by atoms with van der Waals surface area (Å²) in [5.74, 6) is -4.43. The van der Waals surface area contributed by atoms with Crippen molar-refractivity contribution in [3.05, 3.63) is 0 Å². The van der Waals surface area contributed by atoms with Crippen LogP contribution in [0.4, 0.5) is 0 Å². The van der Waals surface area contributed by atoms with Crippen LogP contribution in [-0.2, 0) is 33.3 Å². The molecule has 164 valence electrons. The Bertz CT molecular complexity index is 925. The third kappa shape index (κ3) is 1.35. The molecule has 3 N–H and O–H groups in total. The standard InChI is InChI=1S/C20H24O10/c1-6-12(23)27-7-5-17-11-8(21)9(16(2,3)4)18(17)10(22)13(24)29-15(18)30-20(17,14(25)28-11)19(6,7)26/h6-11,15,21-22,26H,5H2,1-4H3/t6-,7+,8-,9-,10-,11+,15+,17?,18+,19-,20+/m0/s1. The van der Waals surface area contributed by atoms with Gasteiger partial charge in [-0.3, -0.25) is 4.79 Å². The van der Waals surface area contributed by atoms with Crippen LogP contribution in [0.25, 0.3) is 0 Å². The number of rotatable bonds is 0. The van der Waals surface area contributed by atoms with Crippen LogP contribution in [0.15, 0.2) is 0 Å². The van der Waals surface area contributed by atoms with Gasteiger partial charge in [-0.2, -0.15) is 0 Å². The summed E-state index contributed by atoms with van der Waals surface area (Å²) >= 11 is 0. The molecular weight excluding hydrogens is 400 g/mol. The van der Waals surface area contributed by atoms with Crippen molar-refractivity contribution in [1.29, 1.82) is 0 Å². The summed E-state index contributed by atoms with van der Waals surface area (Å²) in [7, 11) is 0. The minimum Gasteiger partial charge on any atom is -0.459 e. The molecule has 4 aliphatic heterocycles. The van der Waals surface area contributed by atoms with Crippen LogP contribution in [0.1, 0.15) is 34.1 Å². The van der Waals surface area contributed by atoms with Crippen LogP contribution < -0.4 is 0 Å². The molecule has 2 saturated carbocycles. The summed E-state index contributed by atoms with van der Waals surface area (Å²) in [6.45, 7) is 6.97. The van der Waals surface area contributed by atoms with Crippen LogP contribution in [0.5, 0.6) is 0 Å². The Morgan fingerprint density at radius 1 is 1.03 bits per heavy atom. The smallest absolute Gasteiger partial charge is 0.342 e. The molecule has 4 saturated heterocycles. The maximum atomic E-state index is 13.4. The van der Waals surface area contributed by atoms with Crippen LogP contribution in [0.2, 0.25) is 0 Å². The second-order valence-electron chi connectivity index (χ2n) is 10.7. The normalized spacial score (nSPS) is 60.1. The minimum atomic E-state index is -2.12. The number of carbonyl (C=O) groups is 3. The van der Waals surface area contributed by atoms with Crippen molar-refractivity contribution in [3.63, 3.8) is 0 Å². The monoisotopic (exact) mass is 424 g/mol. The topological polar surface area (TPSA) is 149 Å². The molecule has 30 heavy (non-hydrogen) atoms. The van der Waals surface area contributed by atoms with Gasteiger partial charge < -0.3 is 34.3 Å². The second-order valence-corrected chi connectivity index (χ2v) is 10.7. The average molecular weight is 424 g/mol. The molecular formula is C20H24O10. The van der Waals surface area contributed by atoms with Gasteiger partial charge in [-0.1, -0.05) is 20.8 Å². The number of aliphatic hydroxyl groups excluding tert-OH is 2. The van der Waals surface area contributed by atoms with Crippen LogP contribution in [-0.4, -0.2) is 75.1 Å². The van der Waals surface area contributed by atoms with Gasteiger partial charge in [0, 0.05) is 12.3 Å². The molecule has 0 aromatic carbocycles. The molecule has 2 aliphatic carbocycles. The van der Waals surface area contributed by atoms with Crippen molar-refractivity contribution in [2.45, 2.75) is 76.0 Å². The molecule has 0 radical (unpaired) electrons. The molecule has 0 aromatic heterocycles. The molecule has 4 heterocycles. The van der Waals surface area contributed by atoms with E-state index in [1.807, 2.05) is 20.8 Å². The van der Waals surface area contributed by atoms with E-state index in [4.69, 9.17) is 18.9 Å². The summed E-state index contributed by atoms with van der Waals surface area (Å²) < 4.78 is 22.6. The summed E-state index contributed by atoms with van der Waals surface area (Å²) in [4.78, 5) is 38.2.